The predicted molar refractivity (Wildman–Crippen MR) is 107 cm³/mol. The minimum absolute atomic E-state index is 0.0742. The zero-order chi connectivity index (χ0) is 20.6. The van der Waals surface area contributed by atoms with E-state index in [0.29, 0.717) is 17.0 Å². The first-order valence-electron chi connectivity index (χ1n) is 8.56. The van der Waals surface area contributed by atoms with Gasteiger partial charge in [0.1, 0.15) is 23.8 Å². The molecule has 29 heavy (non-hydrogen) atoms. The third-order valence-electron chi connectivity index (χ3n) is 4.54. The highest BCUT2D eigenvalue weighted by Gasteiger charge is 2.46. The van der Waals surface area contributed by atoms with Gasteiger partial charge in [-0.05, 0) is 46.3 Å². The summed E-state index contributed by atoms with van der Waals surface area (Å²) < 4.78 is 48.4. The van der Waals surface area contributed by atoms with Crippen molar-refractivity contribution in [3.8, 4) is 0 Å². The van der Waals surface area contributed by atoms with Crippen LogP contribution < -0.4 is 11.1 Å². The zero-order valence-corrected chi connectivity index (χ0v) is 16.5. The molecule has 0 saturated heterocycles. The van der Waals surface area contributed by atoms with Crippen LogP contribution in [0.1, 0.15) is 5.56 Å². The Morgan fingerprint density at radius 1 is 1.21 bits per heavy atom. The number of benzene rings is 1. The monoisotopic (exact) mass is 465 g/mol. The average molecular weight is 466 g/mol. The molecule has 0 amide bonds. The van der Waals surface area contributed by atoms with Gasteiger partial charge in [-0.2, -0.15) is 0 Å². The second-order valence-corrected chi connectivity index (χ2v) is 7.44. The third kappa shape index (κ3) is 3.65. The average Bonchev–Trinajstić information content (AvgIpc) is 2.69. The number of nitrogens with two attached hydrogens (primary N) is 1. The molecule has 150 valence electrons. The molecule has 1 atom stereocenters. The van der Waals surface area contributed by atoms with Gasteiger partial charge in [0.25, 0.3) is 6.43 Å². The predicted octanol–water partition coefficient (Wildman–Crippen LogP) is 4.12. The van der Waals surface area contributed by atoms with Crippen LogP contribution in [-0.4, -0.2) is 35.4 Å². The summed E-state index contributed by atoms with van der Waals surface area (Å²) in [4.78, 5) is 12.5. The molecule has 3 N–H and O–H groups in total. The highest BCUT2D eigenvalue weighted by atomic mass is 79.9. The summed E-state index contributed by atoms with van der Waals surface area (Å²) in [7, 11) is 0. The van der Waals surface area contributed by atoms with Crippen molar-refractivity contribution in [2.75, 3.05) is 18.5 Å². The van der Waals surface area contributed by atoms with E-state index >= 15 is 0 Å². The molecule has 0 spiro atoms. The van der Waals surface area contributed by atoms with E-state index in [1.54, 1.807) is 18.5 Å². The Bertz CT molecular complexity index is 1110. The summed E-state index contributed by atoms with van der Waals surface area (Å²) in [5.74, 6) is -0.535. The van der Waals surface area contributed by atoms with Gasteiger partial charge < -0.3 is 15.8 Å². The topological polar surface area (TPSA) is 85.4 Å². The Morgan fingerprint density at radius 3 is 2.79 bits per heavy atom. The maximum Gasteiger partial charge on any atom is 0.269 e. The van der Waals surface area contributed by atoms with E-state index in [-0.39, 0.29) is 18.0 Å². The molecule has 0 fully saturated rings. The highest BCUT2D eigenvalue weighted by Crippen LogP contribution is 2.38. The maximum absolute atomic E-state index is 14.6. The molecule has 0 aliphatic carbocycles. The van der Waals surface area contributed by atoms with Crippen molar-refractivity contribution in [1.82, 2.24) is 9.97 Å². The fourth-order valence-electron chi connectivity index (χ4n) is 3.20. The first-order valence-corrected chi connectivity index (χ1v) is 9.36. The molecule has 0 unspecified atom stereocenters. The summed E-state index contributed by atoms with van der Waals surface area (Å²) in [5.41, 5.74) is 4.01. The molecule has 3 heterocycles. The number of fused-ring (bicyclic) bond motifs is 1. The van der Waals surface area contributed by atoms with Crippen LogP contribution in [0.5, 0.6) is 0 Å². The lowest BCUT2D eigenvalue weighted by Crippen LogP contribution is -2.45. The second-order valence-electron chi connectivity index (χ2n) is 6.53. The van der Waals surface area contributed by atoms with Crippen LogP contribution in [0, 0.1) is 5.82 Å². The first-order chi connectivity index (χ1) is 13.9. The van der Waals surface area contributed by atoms with Gasteiger partial charge in [-0.15, -0.1) is 0 Å². The number of aromatic nitrogens is 2. The summed E-state index contributed by atoms with van der Waals surface area (Å²) in [6, 6.07) is 7.45. The van der Waals surface area contributed by atoms with E-state index in [1.807, 2.05) is 6.07 Å². The molecule has 10 heteroatoms. The number of rotatable bonds is 4. The first kappa shape index (κ1) is 19.6. The third-order valence-corrected chi connectivity index (χ3v) is 4.97. The number of nitrogens with zero attached hydrogens (tertiary/aromatic N) is 3. The van der Waals surface area contributed by atoms with E-state index in [2.05, 4.69) is 36.2 Å². The van der Waals surface area contributed by atoms with E-state index in [1.165, 1.54) is 12.1 Å². The quantitative estimate of drug-likeness (QED) is 0.605. The Labute approximate surface area is 172 Å². The van der Waals surface area contributed by atoms with E-state index in [0.717, 1.165) is 15.9 Å². The number of anilines is 2. The number of hydrogen-bond acceptors (Lipinski definition) is 6. The molecule has 4 rings (SSSR count). The van der Waals surface area contributed by atoms with Gasteiger partial charge in [-0.3, -0.25) is 9.98 Å². The van der Waals surface area contributed by atoms with Crippen LogP contribution in [0.2, 0.25) is 0 Å². The van der Waals surface area contributed by atoms with Gasteiger partial charge in [0.15, 0.2) is 11.4 Å². The van der Waals surface area contributed by atoms with E-state index < -0.39 is 24.4 Å². The van der Waals surface area contributed by atoms with E-state index in [9.17, 15) is 13.2 Å². The summed E-state index contributed by atoms with van der Waals surface area (Å²) in [6.07, 6.45) is 0.193. The molecule has 3 aromatic rings. The van der Waals surface area contributed by atoms with Gasteiger partial charge in [-0.1, -0.05) is 0 Å². The lowest BCUT2D eigenvalue weighted by Gasteiger charge is -2.33. The number of nitrogens with one attached hydrogen (secondary N) is 1. The van der Waals surface area contributed by atoms with Gasteiger partial charge >= 0.3 is 0 Å². The molecular formula is C19H15BrF3N5O. The van der Waals surface area contributed by atoms with E-state index in [4.69, 9.17) is 10.5 Å². The fourth-order valence-corrected chi connectivity index (χ4v) is 3.54. The van der Waals surface area contributed by atoms with Gasteiger partial charge in [0.05, 0.1) is 6.61 Å². The molecule has 1 aromatic carbocycles. The Balaban J connectivity index is 1.78. The molecule has 2 aromatic heterocycles. The standard InChI is InChI=1S/C19H15BrF3N5O/c20-11-5-10-3-4-25-17(16(10)26-7-11)27-12-1-2-14(21)13(6-12)19(18(22)23)9-29-8-15(24)28-19/h1-7,18H,8-9H2,(H2,24,28)(H,25,27)/t19-/m0/s1. The largest absolute Gasteiger partial charge is 0.385 e. The number of ether oxygens (including phenoxy) is 1. The number of aliphatic imine (C=N–C) groups is 1. The lowest BCUT2D eigenvalue weighted by molar-refractivity contribution is -0.0145. The Hall–Kier alpha value is -2.72. The normalized spacial score (nSPS) is 19.4. The molecule has 1 aliphatic heterocycles. The van der Waals surface area contributed by atoms with Crippen LogP contribution in [0.4, 0.5) is 24.7 Å². The van der Waals surface area contributed by atoms with Crippen LogP contribution in [0.3, 0.4) is 0 Å². The van der Waals surface area contributed by atoms with Crippen LogP contribution >= 0.6 is 15.9 Å². The second kappa shape index (κ2) is 7.60. The van der Waals surface area contributed by atoms with Crippen LogP contribution in [0.25, 0.3) is 10.9 Å². The number of amidine groups is 1. The maximum atomic E-state index is 14.6. The minimum atomic E-state index is -3.01. The molecule has 6 nitrogen and oxygen atoms in total. The smallest absolute Gasteiger partial charge is 0.269 e. The molecular weight excluding hydrogens is 451 g/mol. The van der Waals surface area contributed by atoms with Crippen molar-refractivity contribution in [2.45, 2.75) is 12.0 Å². The van der Waals surface area contributed by atoms with Gasteiger partial charge in [0, 0.05) is 33.5 Å². The minimum Gasteiger partial charge on any atom is -0.385 e. The number of pyridine rings is 2. The highest BCUT2D eigenvalue weighted by molar-refractivity contribution is 9.10. The molecule has 0 bridgehead atoms. The van der Waals surface area contributed by atoms with Crippen LogP contribution in [0.15, 0.2) is 52.2 Å². The SMILES string of the molecule is NC1=N[C@@](c2cc(Nc3nccc4cc(Br)cnc34)ccc2F)(C(F)F)COC1. The van der Waals surface area contributed by atoms with Crippen LogP contribution in [-0.2, 0) is 10.3 Å². The van der Waals surface area contributed by atoms with Gasteiger partial charge in [0.2, 0.25) is 0 Å². The summed E-state index contributed by atoms with van der Waals surface area (Å²) >= 11 is 3.36. The van der Waals surface area contributed by atoms with Crippen molar-refractivity contribution in [1.29, 1.82) is 0 Å². The van der Waals surface area contributed by atoms with Crippen molar-refractivity contribution >= 4 is 44.2 Å². The van der Waals surface area contributed by atoms with Crippen molar-refractivity contribution in [3.05, 3.63) is 58.6 Å². The van der Waals surface area contributed by atoms with Crippen molar-refractivity contribution in [2.24, 2.45) is 10.7 Å². The van der Waals surface area contributed by atoms with Crippen molar-refractivity contribution < 1.29 is 17.9 Å². The molecule has 0 radical (unpaired) electrons. The summed E-state index contributed by atoms with van der Waals surface area (Å²) in [6.45, 7) is -0.553. The summed E-state index contributed by atoms with van der Waals surface area (Å²) in [5, 5.41) is 3.84. The zero-order valence-electron chi connectivity index (χ0n) is 14.9. The Morgan fingerprint density at radius 2 is 2.03 bits per heavy atom. The van der Waals surface area contributed by atoms with Gasteiger partial charge in [-0.25, -0.2) is 18.2 Å². The molecule has 1 aliphatic rings. The number of alkyl halides is 2. The van der Waals surface area contributed by atoms with Crippen molar-refractivity contribution in [3.63, 3.8) is 0 Å². The molecule has 0 saturated carbocycles. The number of halogens is 4. The number of hydrogen-bond donors (Lipinski definition) is 2. The Kier molecular flexibility index (Phi) is 5.13. The lowest BCUT2D eigenvalue weighted by atomic mass is 9.90. The fraction of sp³-hybridized carbons (Fsp3) is 0.211.